The van der Waals surface area contributed by atoms with Gasteiger partial charge in [0.1, 0.15) is 0 Å². The molecule has 0 radical (unpaired) electrons. The third-order valence-electron chi connectivity index (χ3n) is 4.48. The highest BCUT2D eigenvalue weighted by atomic mass is 15.3. The molecule has 0 rings (SSSR count). The quantitative estimate of drug-likeness (QED) is 0.249. The second kappa shape index (κ2) is 13.9. The minimum atomic E-state index is 1.23. The van der Waals surface area contributed by atoms with E-state index in [4.69, 9.17) is 0 Å². The first-order chi connectivity index (χ1) is 9.62. The first-order valence-corrected chi connectivity index (χ1v) is 9.44. The number of quaternary nitrogens is 1. The molecule has 0 aliphatic carbocycles. The summed E-state index contributed by atoms with van der Waals surface area (Å²) in [5.41, 5.74) is 0. The van der Waals surface area contributed by atoms with Crippen LogP contribution in [0.2, 0.25) is 0 Å². The Balaban J connectivity index is 3.20. The Labute approximate surface area is 129 Å². The van der Waals surface area contributed by atoms with Gasteiger partial charge in [0.25, 0.3) is 0 Å². The number of hydrogen-bond acceptors (Lipinski definition) is 0. The minimum absolute atomic E-state index is 1.23. The zero-order valence-corrected chi connectivity index (χ0v) is 15.1. The summed E-state index contributed by atoms with van der Waals surface area (Å²) in [5.74, 6) is 0. The fraction of sp³-hybridized carbons (Fsp3) is 1.00. The predicted octanol–water partition coefficient (Wildman–Crippen LogP) is 6.17. The van der Waals surface area contributed by atoms with Crippen molar-refractivity contribution in [2.45, 2.75) is 97.3 Å². The third-order valence-corrected chi connectivity index (χ3v) is 4.48. The maximum atomic E-state index is 2.39. The van der Waals surface area contributed by atoms with Crippen LogP contribution < -0.4 is 0 Å². The monoisotopic (exact) mass is 284 g/mol. The van der Waals surface area contributed by atoms with Gasteiger partial charge in [-0.3, -0.25) is 0 Å². The number of rotatable bonds is 15. The molecule has 0 heterocycles. The average Bonchev–Trinajstić information content (AvgIpc) is 2.42. The molecule has 0 aliphatic rings. The van der Waals surface area contributed by atoms with E-state index in [0.717, 1.165) is 0 Å². The summed E-state index contributed by atoms with van der Waals surface area (Å²) in [5, 5.41) is 0. The lowest BCUT2D eigenvalue weighted by molar-refractivity contribution is -0.890. The van der Waals surface area contributed by atoms with E-state index in [-0.39, 0.29) is 0 Å². The third kappa shape index (κ3) is 14.4. The summed E-state index contributed by atoms with van der Waals surface area (Å²) in [6, 6.07) is 0. The molecular weight excluding hydrogens is 242 g/mol. The topological polar surface area (TPSA) is 0 Å². The van der Waals surface area contributed by atoms with Crippen molar-refractivity contribution in [1.29, 1.82) is 0 Å². The second-order valence-electron chi connectivity index (χ2n) is 7.27. The van der Waals surface area contributed by atoms with Gasteiger partial charge < -0.3 is 4.48 Å². The summed E-state index contributed by atoms with van der Waals surface area (Å²) in [6.45, 7) is 7.32. The molecule has 0 spiro atoms. The van der Waals surface area contributed by atoms with E-state index in [1.807, 2.05) is 0 Å². The van der Waals surface area contributed by atoms with Crippen molar-refractivity contribution in [3.8, 4) is 0 Å². The molecule has 0 fully saturated rings. The van der Waals surface area contributed by atoms with Crippen molar-refractivity contribution < 1.29 is 4.48 Å². The maximum absolute atomic E-state index is 2.39. The molecule has 0 N–H and O–H groups in total. The Bertz CT molecular complexity index is 186. The van der Waals surface area contributed by atoms with E-state index < -0.39 is 0 Å². The lowest BCUT2D eigenvalue weighted by Gasteiger charge is -2.29. The highest BCUT2D eigenvalue weighted by Crippen LogP contribution is 2.12. The van der Waals surface area contributed by atoms with Crippen molar-refractivity contribution in [2.75, 3.05) is 27.2 Å². The molecule has 1 heteroatoms. The Kier molecular flexibility index (Phi) is 13.9. The number of hydrogen-bond donors (Lipinski definition) is 0. The second-order valence-corrected chi connectivity index (χ2v) is 7.27. The van der Waals surface area contributed by atoms with Gasteiger partial charge in [0.2, 0.25) is 0 Å². The normalized spacial score (nSPS) is 12.0. The standard InChI is InChI=1S/C19H42N/c1-5-7-9-10-11-12-13-14-15-16-17-19-20(3,4)18-8-6-2/h5-19H2,1-4H3/q+1. The maximum Gasteiger partial charge on any atom is 0.0782 e. The van der Waals surface area contributed by atoms with Crippen LogP contribution >= 0.6 is 0 Å². The molecule has 0 amide bonds. The van der Waals surface area contributed by atoms with Crippen LogP contribution in [0.15, 0.2) is 0 Å². The van der Waals surface area contributed by atoms with E-state index >= 15 is 0 Å². The Morgan fingerprint density at radius 2 is 0.800 bits per heavy atom. The van der Waals surface area contributed by atoms with Gasteiger partial charge in [0, 0.05) is 0 Å². The van der Waals surface area contributed by atoms with Gasteiger partial charge in [-0.2, -0.15) is 0 Å². The molecule has 0 atom stereocenters. The van der Waals surface area contributed by atoms with Crippen LogP contribution in [0.3, 0.4) is 0 Å². The lowest BCUT2D eigenvalue weighted by atomic mass is 10.1. The molecule has 0 saturated heterocycles. The Hall–Kier alpha value is -0.0400. The van der Waals surface area contributed by atoms with Gasteiger partial charge in [-0.15, -0.1) is 0 Å². The molecule has 20 heavy (non-hydrogen) atoms. The molecule has 0 aromatic rings. The van der Waals surface area contributed by atoms with E-state index in [2.05, 4.69) is 27.9 Å². The summed E-state index contributed by atoms with van der Waals surface area (Å²) in [7, 11) is 4.79. The molecule has 122 valence electrons. The molecular formula is C19H42N+. The average molecular weight is 285 g/mol. The highest BCUT2D eigenvalue weighted by Gasteiger charge is 2.12. The van der Waals surface area contributed by atoms with Crippen LogP contribution in [0, 0.1) is 0 Å². The SMILES string of the molecule is CCCCCCCCCCCCC[N+](C)(C)CCCC. The van der Waals surface area contributed by atoms with Crippen LogP contribution in [0.25, 0.3) is 0 Å². The summed E-state index contributed by atoms with van der Waals surface area (Å²) in [6.07, 6.45) is 18.7. The van der Waals surface area contributed by atoms with E-state index in [0.29, 0.717) is 0 Å². The molecule has 0 aromatic carbocycles. The fourth-order valence-electron chi connectivity index (χ4n) is 2.90. The van der Waals surface area contributed by atoms with Crippen molar-refractivity contribution in [2.24, 2.45) is 0 Å². The molecule has 1 nitrogen and oxygen atoms in total. The van der Waals surface area contributed by atoms with Gasteiger partial charge in [-0.1, -0.05) is 78.1 Å². The van der Waals surface area contributed by atoms with E-state index in [1.165, 1.54) is 101 Å². The van der Waals surface area contributed by atoms with Gasteiger partial charge in [0.15, 0.2) is 0 Å². The van der Waals surface area contributed by atoms with Crippen LogP contribution in [0.4, 0.5) is 0 Å². The van der Waals surface area contributed by atoms with Crippen LogP contribution in [-0.4, -0.2) is 31.7 Å². The first kappa shape index (κ1) is 20.0. The smallest absolute Gasteiger partial charge is 0.0782 e. The van der Waals surface area contributed by atoms with Gasteiger partial charge in [-0.25, -0.2) is 0 Å². The van der Waals surface area contributed by atoms with Gasteiger partial charge in [0.05, 0.1) is 27.2 Å². The fourth-order valence-corrected chi connectivity index (χ4v) is 2.90. The summed E-state index contributed by atoms with van der Waals surface area (Å²) >= 11 is 0. The molecule has 0 aromatic heterocycles. The predicted molar refractivity (Wildman–Crippen MR) is 93.2 cm³/mol. The van der Waals surface area contributed by atoms with Crippen molar-refractivity contribution in [1.82, 2.24) is 0 Å². The molecule has 0 bridgehead atoms. The number of unbranched alkanes of at least 4 members (excludes halogenated alkanes) is 11. The first-order valence-electron chi connectivity index (χ1n) is 9.44. The summed E-state index contributed by atoms with van der Waals surface area (Å²) < 4.78 is 1.23. The zero-order valence-electron chi connectivity index (χ0n) is 15.1. The Morgan fingerprint density at radius 3 is 1.25 bits per heavy atom. The lowest BCUT2D eigenvalue weighted by Crippen LogP contribution is -2.41. The highest BCUT2D eigenvalue weighted by molar-refractivity contribution is 4.48. The van der Waals surface area contributed by atoms with Crippen molar-refractivity contribution in [3.05, 3.63) is 0 Å². The van der Waals surface area contributed by atoms with Gasteiger partial charge in [-0.05, 0) is 19.3 Å². The van der Waals surface area contributed by atoms with Crippen LogP contribution in [-0.2, 0) is 0 Å². The van der Waals surface area contributed by atoms with Crippen molar-refractivity contribution in [3.63, 3.8) is 0 Å². The zero-order chi connectivity index (χ0) is 15.1. The largest absolute Gasteiger partial charge is 0.328 e. The molecule has 0 unspecified atom stereocenters. The molecule has 0 aliphatic heterocycles. The number of nitrogens with zero attached hydrogens (tertiary/aromatic N) is 1. The molecule has 0 saturated carbocycles. The van der Waals surface area contributed by atoms with Crippen molar-refractivity contribution >= 4 is 0 Å². The van der Waals surface area contributed by atoms with Crippen LogP contribution in [0.5, 0.6) is 0 Å². The minimum Gasteiger partial charge on any atom is -0.328 e. The Morgan fingerprint density at radius 1 is 0.450 bits per heavy atom. The van der Waals surface area contributed by atoms with Gasteiger partial charge >= 0.3 is 0 Å². The van der Waals surface area contributed by atoms with Crippen LogP contribution in [0.1, 0.15) is 97.3 Å². The van der Waals surface area contributed by atoms with E-state index in [1.54, 1.807) is 0 Å². The summed E-state index contributed by atoms with van der Waals surface area (Å²) in [4.78, 5) is 0. The van der Waals surface area contributed by atoms with E-state index in [9.17, 15) is 0 Å².